The Morgan fingerprint density at radius 1 is 0.706 bits per heavy atom. The molecule has 0 N–H and O–H groups in total. The van der Waals surface area contributed by atoms with Gasteiger partial charge in [0.1, 0.15) is 12.4 Å². The first-order valence-electron chi connectivity index (χ1n) is 10.6. The van der Waals surface area contributed by atoms with E-state index in [0.29, 0.717) is 23.2 Å². The molecule has 0 aromatic heterocycles. The number of halogens is 3. The maximum absolute atomic E-state index is 6.23. The molecular weight excluding hydrogens is 505 g/mol. The van der Waals surface area contributed by atoms with Crippen LogP contribution in [-0.4, -0.2) is 0 Å². The molecule has 172 valence electrons. The maximum atomic E-state index is 6.23. The average molecular weight is 527 g/mol. The Labute approximate surface area is 219 Å². The van der Waals surface area contributed by atoms with Crippen LogP contribution in [-0.2, 0) is 13.2 Å². The van der Waals surface area contributed by atoms with Crippen LogP contribution in [0.4, 0.5) is 5.69 Å². The Morgan fingerprint density at radius 3 is 2.09 bits per heavy atom. The molecule has 0 bridgehead atoms. The van der Waals surface area contributed by atoms with E-state index in [9.17, 15) is 0 Å². The first kappa shape index (κ1) is 24.6. The SMILES string of the molecule is Clc1cccc(/C=C/SN(Cc2cccc(Cl)c2)c2cccc(OCc3cccc(Cl)c3)c2)c1. The summed E-state index contributed by atoms with van der Waals surface area (Å²) in [6.45, 7) is 1.11. The fourth-order valence-corrected chi connectivity index (χ4v) is 4.75. The standard InChI is InChI=1S/C28H22Cl3NOS/c29-24-8-1-5-21(15-24)13-14-34-32(19-22-6-2-9-25(30)16-22)27-11-4-12-28(18-27)33-20-23-7-3-10-26(31)17-23/h1-18H,19-20H2/b14-13+. The van der Waals surface area contributed by atoms with Gasteiger partial charge in [0.05, 0.1) is 12.2 Å². The lowest BCUT2D eigenvalue weighted by Gasteiger charge is -2.23. The molecule has 4 rings (SSSR count). The highest BCUT2D eigenvalue weighted by Crippen LogP contribution is 2.30. The number of hydrogen-bond acceptors (Lipinski definition) is 3. The summed E-state index contributed by atoms with van der Waals surface area (Å²) < 4.78 is 8.24. The normalized spacial score (nSPS) is 11.0. The van der Waals surface area contributed by atoms with E-state index < -0.39 is 0 Å². The third-order valence-corrected chi connectivity index (χ3v) is 6.47. The number of benzene rings is 4. The monoisotopic (exact) mass is 525 g/mol. The van der Waals surface area contributed by atoms with E-state index in [1.165, 1.54) is 0 Å². The van der Waals surface area contributed by atoms with E-state index in [-0.39, 0.29) is 0 Å². The van der Waals surface area contributed by atoms with Crippen LogP contribution in [0.1, 0.15) is 16.7 Å². The number of rotatable bonds is 9. The first-order chi connectivity index (χ1) is 16.5. The van der Waals surface area contributed by atoms with Crippen LogP contribution >= 0.6 is 46.8 Å². The molecule has 0 aliphatic heterocycles. The van der Waals surface area contributed by atoms with Crippen molar-refractivity contribution in [2.24, 2.45) is 0 Å². The molecule has 0 aliphatic rings. The first-order valence-corrected chi connectivity index (χ1v) is 12.6. The second kappa shape index (κ2) is 12.2. The van der Waals surface area contributed by atoms with Crippen LogP contribution in [0, 0.1) is 0 Å². The van der Waals surface area contributed by atoms with Crippen molar-refractivity contribution in [1.29, 1.82) is 0 Å². The number of hydrogen-bond donors (Lipinski definition) is 0. The lowest BCUT2D eigenvalue weighted by molar-refractivity contribution is 0.306. The van der Waals surface area contributed by atoms with Gasteiger partial charge in [0.2, 0.25) is 0 Å². The van der Waals surface area contributed by atoms with E-state index in [2.05, 4.69) is 21.8 Å². The Morgan fingerprint density at radius 2 is 1.35 bits per heavy atom. The van der Waals surface area contributed by atoms with Crippen molar-refractivity contribution in [1.82, 2.24) is 0 Å². The molecule has 34 heavy (non-hydrogen) atoms. The van der Waals surface area contributed by atoms with Gasteiger partial charge in [-0.3, -0.25) is 0 Å². The molecule has 6 heteroatoms. The number of anilines is 1. The van der Waals surface area contributed by atoms with E-state index in [4.69, 9.17) is 39.5 Å². The van der Waals surface area contributed by atoms with Crippen molar-refractivity contribution in [3.8, 4) is 5.75 Å². The smallest absolute Gasteiger partial charge is 0.121 e. The predicted molar refractivity (Wildman–Crippen MR) is 148 cm³/mol. The van der Waals surface area contributed by atoms with Crippen LogP contribution in [0.2, 0.25) is 15.1 Å². The third kappa shape index (κ3) is 7.48. The molecular formula is C28H22Cl3NOS. The van der Waals surface area contributed by atoms with Gasteiger partial charge >= 0.3 is 0 Å². The Kier molecular flexibility index (Phi) is 8.84. The van der Waals surface area contributed by atoms with Crippen molar-refractivity contribution < 1.29 is 4.74 Å². The van der Waals surface area contributed by atoms with Crippen molar-refractivity contribution >= 4 is 58.5 Å². The van der Waals surface area contributed by atoms with E-state index in [0.717, 1.165) is 33.1 Å². The summed E-state index contributed by atoms with van der Waals surface area (Å²) in [5.41, 5.74) is 4.19. The van der Waals surface area contributed by atoms with Crippen molar-refractivity contribution in [2.75, 3.05) is 4.31 Å². The molecule has 2 nitrogen and oxygen atoms in total. The maximum Gasteiger partial charge on any atom is 0.121 e. The zero-order valence-corrected chi connectivity index (χ0v) is 21.3. The highest BCUT2D eigenvalue weighted by Gasteiger charge is 2.10. The topological polar surface area (TPSA) is 12.5 Å². The lowest BCUT2D eigenvalue weighted by Crippen LogP contribution is -2.13. The number of ether oxygens (including phenoxy) is 1. The fraction of sp³-hybridized carbons (Fsp3) is 0.0714. The molecule has 0 atom stereocenters. The average Bonchev–Trinajstić information content (AvgIpc) is 2.82. The van der Waals surface area contributed by atoms with Gasteiger partial charge in [-0.05, 0) is 88.7 Å². The molecule has 0 fully saturated rings. The zero-order chi connectivity index (χ0) is 23.8. The fourth-order valence-electron chi connectivity index (χ4n) is 3.31. The van der Waals surface area contributed by atoms with Gasteiger partial charge in [0, 0.05) is 21.1 Å². The Hall–Kier alpha value is -2.56. The molecule has 0 saturated carbocycles. The van der Waals surface area contributed by atoms with Crippen LogP contribution < -0.4 is 9.04 Å². The quantitative estimate of drug-likeness (QED) is 0.201. The summed E-state index contributed by atoms with van der Waals surface area (Å²) in [6, 6.07) is 31.4. The minimum Gasteiger partial charge on any atom is -0.489 e. The minimum atomic E-state index is 0.445. The van der Waals surface area contributed by atoms with Gasteiger partial charge < -0.3 is 9.04 Å². The summed E-state index contributed by atoms with van der Waals surface area (Å²) in [4.78, 5) is 0. The highest BCUT2D eigenvalue weighted by molar-refractivity contribution is 8.03. The summed E-state index contributed by atoms with van der Waals surface area (Å²) in [6.07, 6.45) is 2.04. The van der Waals surface area contributed by atoms with Gasteiger partial charge in [-0.2, -0.15) is 0 Å². The second-order valence-electron chi connectivity index (χ2n) is 7.55. The van der Waals surface area contributed by atoms with Gasteiger partial charge in [-0.25, -0.2) is 0 Å². The van der Waals surface area contributed by atoms with Gasteiger partial charge in [0.15, 0.2) is 0 Å². The van der Waals surface area contributed by atoms with Gasteiger partial charge in [0.25, 0.3) is 0 Å². The molecule has 4 aromatic carbocycles. The third-order valence-electron chi connectivity index (χ3n) is 4.91. The Balaban J connectivity index is 1.52. The molecule has 0 unspecified atom stereocenters. The van der Waals surface area contributed by atoms with E-state index in [1.54, 1.807) is 11.9 Å². The van der Waals surface area contributed by atoms with Gasteiger partial charge in [-0.15, -0.1) is 0 Å². The minimum absolute atomic E-state index is 0.445. The Bertz CT molecular complexity index is 1280. The van der Waals surface area contributed by atoms with Crippen LogP contribution in [0.5, 0.6) is 5.75 Å². The second-order valence-corrected chi connectivity index (χ2v) is 9.78. The summed E-state index contributed by atoms with van der Waals surface area (Å²) in [5, 5.41) is 4.18. The van der Waals surface area contributed by atoms with Crippen LogP contribution in [0.25, 0.3) is 6.08 Å². The summed E-state index contributed by atoms with van der Waals surface area (Å²) in [5.74, 6) is 0.785. The van der Waals surface area contributed by atoms with Crippen molar-refractivity contribution in [3.63, 3.8) is 0 Å². The number of nitrogens with zero attached hydrogens (tertiary/aromatic N) is 1. The molecule has 0 aliphatic carbocycles. The largest absolute Gasteiger partial charge is 0.489 e. The van der Waals surface area contributed by atoms with E-state index >= 15 is 0 Å². The molecule has 0 spiro atoms. The lowest BCUT2D eigenvalue weighted by atomic mass is 10.2. The highest BCUT2D eigenvalue weighted by atomic mass is 35.5. The van der Waals surface area contributed by atoms with Crippen LogP contribution in [0.3, 0.4) is 0 Å². The van der Waals surface area contributed by atoms with Crippen molar-refractivity contribution in [2.45, 2.75) is 13.2 Å². The predicted octanol–water partition coefficient (Wildman–Crippen LogP) is 9.55. The molecule has 0 saturated heterocycles. The summed E-state index contributed by atoms with van der Waals surface area (Å²) in [7, 11) is 0. The van der Waals surface area contributed by atoms with E-state index in [1.807, 2.05) is 91.0 Å². The van der Waals surface area contributed by atoms with Crippen LogP contribution in [0.15, 0.2) is 102 Å². The summed E-state index contributed by atoms with van der Waals surface area (Å²) >= 11 is 20.0. The molecule has 4 aromatic rings. The zero-order valence-electron chi connectivity index (χ0n) is 18.2. The van der Waals surface area contributed by atoms with Gasteiger partial charge in [-0.1, -0.05) is 77.3 Å². The molecule has 0 heterocycles. The van der Waals surface area contributed by atoms with Crippen molar-refractivity contribution in [3.05, 3.63) is 134 Å². The molecule has 0 radical (unpaired) electrons. The molecule has 0 amide bonds.